The molecule has 0 saturated heterocycles. The van der Waals surface area contributed by atoms with Gasteiger partial charge in [0.1, 0.15) is 12.4 Å². The van der Waals surface area contributed by atoms with Crippen LogP contribution in [0.2, 0.25) is 0 Å². The Labute approximate surface area is 123 Å². The third-order valence-electron chi connectivity index (χ3n) is 2.69. The van der Waals surface area contributed by atoms with Crippen molar-refractivity contribution in [3.8, 4) is 16.9 Å². The lowest BCUT2D eigenvalue weighted by molar-refractivity contribution is 0.0697. The van der Waals surface area contributed by atoms with E-state index in [2.05, 4.69) is 6.58 Å². The summed E-state index contributed by atoms with van der Waals surface area (Å²) in [5, 5.41) is 8.84. The third-order valence-corrected chi connectivity index (χ3v) is 2.69. The van der Waals surface area contributed by atoms with Crippen LogP contribution >= 0.6 is 12.4 Å². The van der Waals surface area contributed by atoms with Gasteiger partial charge in [-0.2, -0.15) is 0 Å². The van der Waals surface area contributed by atoms with E-state index in [1.807, 2.05) is 24.3 Å². The minimum atomic E-state index is -0.917. The fourth-order valence-corrected chi connectivity index (χ4v) is 1.70. The van der Waals surface area contributed by atoms with E-state index >= 15 is 0 Å². The summed E-state index contributed by atoms with van der Waals surface area (Å²) in [5.74, 6) is -0.134. The monoisotopic (exact) mass is 290 g/mol. The molecule has 0 saturated carbocycles. The smallest absolute Gasteiger partial charge is 0.335 e. The second-order valence-electron chi connectivity index (χ2n) is 4.01. The van der Waals surface area contributed by atoms with Crippen molar-refractivity contribution in [2.45, 2.75) is 0 Å². The van der Waals surface area contributed by atoms with Crippen LogP contribution in [0, 0.1) is 0 Å². The summed E-state index contributed by atoms with van der Waals surface area (Å²) in [5.41, 5.74) is 2.28. The highest BCUT2D eigenvalue weighted by atomic mass is 35.5. The quantitative estimate of drug-likeness (QED) is 0.845. The van der Waals surface area contributed by atoms with Gasteiger partial charge in [-0.3, -0.25) is 0 Å². The van der Waals surface area contributed by atoms with Gasteiger partial charge in [-0.1, -0.05) is 36.9 Å². The maximum Gasteiger partial charge on any atom is 0.335 e. The molecule has 104 valence electrons. The van der Waals surface area contributed by atoms with Gasteiger partial charge in [0.2, 0.25) is 0 Å². The molecule has 0 aliphatic heterocycles. The van der Waals surface area contributed by atoms with E-state index in [4.69, 9.17) is 9.84 Å². The van der Waals surface area contributed by atoms with E-state index in [1.165, 1.54) is 0 Å². The van der Waals surface area contributed by atoms with Crippen molar-refractivity contribution in [1.29, 1.82) is 0 Å². The Bertz CT molecular complexity index is 574. The molecule has 2 aromatic carbocycles. The van der Waals surface area contributed by atoms with Crippen LogP contribution in [0.25, 0.3) is 11.1 Å². The number of rotatable bonds is 5. The van der Waals surface area contributed by atoms with Gasteiger partial charge in [-0.05, 0) is 35.4 Å². The Balaban J connectivity index is 0.00000200. The molecule has 20 heavy (non-hydrogen) atoms. The zero-order valence-electron chi connectivity index (χ0n) is 10.8. The first kappa shape index (κ1) is 15.8. The molecule has 0 radical (unpaired) electrons. The lowest BCUT2D eigenvalue weighted by Gasteiger charge is -2.05. The Kier molecular flexibility index (Phi) is 5.81. The third kappa shape index (κ3) is 3.87. The Morgan fingerprint density at radius 3 is 2.00 bits per heavy atom. The van der Waals surface area contributed by atoms with Crippen LogP contribution in [0.5, 0.6) is 5.75 Å². The highest BCUT2D eigenvalue weighted by Gasteiger charge is 2.03. The number of halogens is 1. The average molecular weight is 291 g/mol. The first-order chi connectivity index (χ1) is 9.20. The van der Waals surface area contributed by atoms with Crippen LogP contribution in [0.15, 0.2) is 61.2 Å². The Morgan fingerprint density at radius 2 is 1.55 bits per heavy atom. The lowest BCUT2D eigenvalue weighted by atomic mass is 10.0. The molecule has 0 aliphatic rings. The van der Waals surface area contributed by atoms with Crippen molar-refractivity contribution >= 4 is 18.4 Å². The molecule has 2 aromatic rings. The number of carboxylic acids is 1. The summed E-state index contributed by atoms with van der Waals surface area (Å²) in [7, 11) is 0. The van der Waals surface area contributed by atoms with Gasteiger partial charge in [-0.15, -0.1) is 12.4 Å². The van der Waals surface area contributed by atoms with Crippen LogP contribution in [-0.2, 0) is 0 Å². The number of hydrogen-bond acceptors (Lipinski definition) is 2. The van der Waals surface area contributed by atoms with E-state index in [0.717, 1.165) is 16.9 Å². The molecule has 4 heteroatoms. The Morgan fingerprint density at radius 1 is 1.05 bits per heavy atom. The Hall–Kier alpha value is -2.26. The number of ether oxygens (including phenoxy) is 1. The van der Waals surface area contributed by atoms with Crippen LogP contribution in [0.1, 0.15) is 10.4 Å². The lowest BCUT2D eigenvalue weighted by Crippen LogP contribution is -1.95. The van der Waals surface area contributed by atoms with Crippen LogP contribution in [0.4, 0.5) is 0 Å². The summed E-state index contributed by atoms with van der Waals surface area (Å²) in [6, 6.07) is 14.4. The van der Waals surface area contributed by atoms with E-state index in [9.17, 15) is 4.79 Å². The van der Waals surface area contributed by atoms with Crippen molar-refractivity contribution in [2.75, 3.05) is 6.61 Å². The molecule has 0 spiro atoms. The molecular weight excluding hydrogens is 276 g/mol. The van der Waals surface area contributed by atoms with E-state index in [-0.39, 0.29) is 18.0 Å². The summed E-state index contributed by atoms with van der Waals surface area (Å²) in [6.07, 6.45) is 1.69. The van der Waals surface area contributed by atoms with Crippen molar-refractivity contribution < 1.29 is 14.6 Å². The maximum absolute atomic E-state index is 10.8. The largest absolute Gasteiger partial charge is 0.490 e. The van der Waals surface area contributed by atoms with Gasteiger partial charge in [0.05, 0.1) is 5.56 Å². The number of aromatic carboxylic acids is 1. The van der Waals surface area contributed by atoms with Crippen molar-refractivity contribution in [3.05, 3.63) is 66.7 Å². The van der Waals surface area contributed by atoms with E-state index in [0.29, 0.717) is 6.61 Å². The van der Waals surface area contributed by atoms with E-state index in [1.54, 1.807) is 30.3 Å². The minimum Gasteiger partial charge on any atom is -0.490 e. The van der Waals surface area contributed by atoms with Crippen molar-refractivity contribution in [2.24, 2.45) is 0 Å². The molecule has 0 fully saturated rings. The second-order valence-corrected chi connectivity index (χ2v) is 4.01. The van der Waals surface area contributed by atoms with Gasteiger partial charge in [0.25, 0.3) is 0 Å². The summed E-state index contributed by atoms with van der Waals surface area (Å²) in [4.78, 5) is 10.8. The molecular formula is C16H15ClO3. The fraction of sp³-hybridized carbons (Fsp3) is 0.0625. The average Bonchev–Trinajstić information content (AvgIpc) is 2.46. The molecule has 0 atom stereocenters. The fourth-order valence-electron chi connectivity index (χ4n) is 1.70. The van der Waals surface area contributed by atoms with Gasteiger partial charge in [0, 0.05) is 0 Å². The summed E-state index contributed by atoms with van der Waals surface area (Å²) in [6.45, 7) is 4.07. The second kappa shape index (κ2) is 7.36. The van der Waals surface area contributed by atoms with Crippen molar-refractivity contribution in [1.82, 2.24) is 0 Å². The SMILES string of the molecule is C=CCOc1ccc(-c2ccc(C(=O)O)cc2)cc1.Cl. The topological polar surface area (TPSA) is 46.5 Å². The first-order valence-electron chi connectivity index (χ1n) is 5.88. The molecule has 0 unspecified atom stereocenters. The predicted octanol–water partition coefficient (Wildman–Crippen LogP) is 4.04. The summed E-state index contributed by atoms with van der Waals surface area (Å²) < 4.78 is 5.40. The minimum absolute atomic E-state index is 0. The highest BCUT2D eigenvalue weighted by molar-refractivity contribution is 5.88. The van der Waals surface area contributed by atoms with Gasteiger partial charge in [-0.25, -0.2) is 4.79 Å². The zero-order valence-corrected chi connectivity index (χ0v) is 11.6. The maximum atomic E-state index is 10.8. The number of benzene rings is 2. The van der Waals surface area contributed by atoms with Crippen molar-refractivity contribution in [3.63, 3.8) is 0 Å². The van der Waals surface area contributed by atoms with Gasteiger partial charge >= 0.3 is 5.97 Å². The molecule has 0 aliphatic carbocycles. The molecule has 0 aromatic heterocycles. The number of carbonyl (C=O) groups is 1. The molecule has 0 amide bonds. The van der Waals surface area contributed by atoms with Crippen LogP contribution < -0.4 is 4.74 Å². The van der Waals surface area contributed by atoms with E-state index < -0.39 is 5.97 Å². The normalized spacial score (nSPS) is 9.40. The molecule has 0 heterocycles. The molecule has 2 rings (SSSR count). The summed E-state index contributed by atoms with van der Waals surface area (Å²) >= 11 is 0. The van der Waals surface area contributed by atoms with Gasteiger partial charge < -0.3 is 9.84 Å². The van der Waals surface area contributed by atoms with Crippen LogP contribution in [-0.4, -0.2) is 17.7 Å². The zero-order chi connectivity index (χ0) is 13.7. The number of carboxylic acid groups (broad SMARTS) is 1. The standard InChI is InChI=1S/C16H14O3.ClH/c1-2-11-19-15-9-7-13(8-10-15)12-3-5-14(6-4-12)16(17)18;/h2-10H,1,11H2,(H,17,18);1H. The molecule has 1 N–H and O–H groups in total. The van der Waals surface area contributed by atoms with Gasteiger partial charge in [0.15, 0.2) is 0 Å². The molecule has 0 bridgehead atoms. The number of hydrogen-bond donors (Lipinski definition) is 1. The highest BCUT2D eigenvalue weighted by Crippen LogP contribution is 2.22. The predicted molar refractivity (Wildman–Crippen MR) is 81.8 cm³/mol. The molecule has 3 nitrogen and oxygen atoms in total. The first-order valence-corrected chi connectivity index (χ1v) is 5.88. The van der Waals surface area contributed by atoms with Crippen LogP contribution in [0.3, 0.4) is 0 Å².